The maximum absolute atomic E-state index is 3.43. The molecule has 0 atom stereocenters. The molecule has 2 heterocycles. The topological polar surface area (TPSA) is 84.2 Å². The minimum absolute atomic E-state index is 0.155. The summed E-state index contributed by atoms with van der Waals surface area (Å²) in [5.41, 5.74) is 4.32. The summed E-state index contributed by atoms with van der Waals surface area (Å²) < 4.78 is 0. The molecule has 2 fully saturated rings. The van der Waals surface area contributed by atoms with Crippen molar-refractivity contribution in [2.24, 2.45) is 0 Å². The molecule has 0 radical (unpaired) electrons. The first-order valence-corrected chi connectivity index (χ1v) is 8.79. The largest absolute Gasteiger partial charge is 0.358 e. The molecule has 7 heteroatoms. The Labute approximate surface area is 148 Å². The van der Waals surface area contributed by atoms with E-state index in [9.17, 15) is 0 Å². The van der Waals surface area contributed by atoms with Crippen molar-refractivity contribution in [1.29, 1.82) is 0 Å². The van der Waals surface area contributed by atoms with Crippen LogP contribution in [0.3, 0.4) is 0 Å². The van der Waals surface area contributed by atoms with Gasteiger partial charge in [0.25, 0.3) is 0 Å². The number of hydrogen-bond acceptors (Lipinski definition) is 7. The summed E-state index contributed by atoms with van der Waals surface area (Å²) in [7, 11) is 0. The van der Waals surface area contributed by atoms with Gasteiger partial charge >= 0.3 is 0 Å². The fraction of sp³-hybridized carbons (Fsp3) is 0.333. The average molecular weight is 339 g/mol. The van der Waals surface area contributed by atoms with Crippen molar-refractivity contribution in [3.05, 3.63) is 48.5 Å². The second-order valence-electron chi connectivity index (χ2n) is 6.25. The van der Waals surface area contributed by atoms with Gasteiger partial charge in [-0.25, -0.2) is 0 Å². The highest BCUT2D eigenvalue weighted by Crippen LogP contribution is 2.21. The first-order valence-electron chi connectivity index (χ1n) is 8.79. The molecule has 25 heavy (non-hydrogen) atoms. The van der Waals surface area contributed by atoms with Gasteiger partial charge in [-0.3, -0.25) is 21.3 Å². The first kappa shape index (κ1) is 16.2. The maximum Gasteiger partial charge on any atom is 0.132 e. The zero-order valence-corrected chi connectivity index (χ0v) is 14.1. The van der Waals surface area contributed by atoms with Gasteiger partial charge in [0.2, 0.25) is 0 Å². The summed E-state index contributed by atoms with van der Waals surface area (Å²) in [4.78, 5) is 0. The smallest absolute Gasteiger partial charge is 0.132 e. The van der Waals surface area contributed by atoms with Crippen LogP contribution in [-0.2, 0) is 0 Å². The summed E-state index contributed by atoms with van der Waals surface area (Å²) >= 11 is 0. The van der Waals surface area contributed by atoms with Crippen LogP contribution in [0.25, 0.3) is 0 Å². The molecular formula is C18H25N7. The number of anilines is 4. The molecule has 0 aromatic heterocycles. The maximum atomic E-state index is 3.43. The first-order chi connectivity index (χ1) is 12.3. The van der Waals surface area contributed by atoms with E-state index in [1.807, 2.05) is 0 Å². The highest BCUT2D eigenvalue weighted by atomic mass is 15.3. The standard InChI is InChI=1S/C18H25N7/c1-5-15(24-17-19-9-10-20-17)6-2-13(1)23-14-3-7-16(8-4-14)25-18-21-11-12-22-18/h1-8,17-25H,9-12H2. The molecule has 0 spiro atoms. The molecule has 7 N–H and O–H groups in total. The van der Waals surface area contributed by atoms with Gasteiger partial charge in [-0.1, -0.05) is 0 Å². The van der Waals surface area contributed by atoms with Crippen LogP contribution < -0.4 is 37.2 Å². The molecule has 132 valence electrons. The Hall–Kier alpha value is -2.32. The highest BCUT2D eigenvalue weighted by Gasteiger charge is 2.12. The van der Waals surface area contributed by atoms with Crippen molar-refractivity contribution in [3.63, 3.8) is 0 Å². The van der Waals surface area contributed by atoms with Crippen molar-refractivity contribution >= 4 is 22.7 Å². The molecule has 0 amide bonds. The Balaban J connectivity index is 1.31. The van der Waals surface area contributed by atoms with Gasteiger partial charge in [0.1, 0.15) is 12.6 Å². The molecule has 2 saturated heterocycles. The normalized spacial score (nSPS) is 18.4. The molecule has 4 rings (SSSR count). The average Bonchev–Trinajstić information content (AvgIpc) is 3.33. The Kier molecular flexibility index (Phi) is 4.98. The minimum atomic E-state index is 0.155. The van der Waals surface area contributed by atoms with E-state index < -0.39 is 0 Å². The number of nitrogens with one attached hydrogen (secondary N) is 7. The van der Waals surface area contributed by atoms with Gasteiger partial charge in [0.05, 0.1) is 0 Å². The zero-order valence-electron chi connectivity index (χ0n) is 14.1. The third-order valence-electron chi connectivity index (χ3n) is 4.32. The number of hydrogen-bond donors (Lipinski definition) is 7. The summed E-state index contributed by atoms with van der Waals surface area (Å²) in [6.07, 6.45) is 0.311. The second kappa shape index (κ2) is 7.71. The van der Waals surface area contributed by atoms with Crippen molar-refractivity contribution in [1.82, 2.24) is 21.3 Å². The molecule has 7 nitrogen and oxygen atoms in total. The number of benzene rings is 2. The zero-order chi connectivity index (χ0) is 16.9. The van der Waals surface area contributed by atoms with Gasteiger partial charge < -0.3 is 16.0 Å². The van der Waals surface area contributed by atoms with E-state index in [-0.39, 0.29) is 12.6 Å². The molecule has 0 aliphatic carbocycles. The lowest BCUT2D eigenvalue weighted by molar-refractivity contribution is 0.620. The highest BCUT2D eigenvalue weighted by molar-refractivity contribution is 5.64. The van der Waals surface area contributed by atoms with Crippen LogP contribution in [0.15, 0.2) is 48.5 Å². The van der Waals surface area contributed by atoms with Crippen molar-refractivity contribution in [3.8, 4) is 0 Å². The van der Waals surface area contributed by atoms with Crippen LogP contribution in [-0.4, -0.2) is 38.8 Å². The lowest BCUT2D eigenvalue weighted by Gasteiger charge is -2.16. The van der Waals surface area contributed by atoms with Crippen LogP contribution >= 0.6 is 0 Å². The lowest BCUT2D eigenvalue weighted by atomic mass is 10.2. The van der Waals surface area contributed by atoms with Crippen molar-refractivity contribution < 1.29 is 0 Å². The molecule has 2 aliphatic heterocycles. The fourth-order valence-corrected chi connectivity index (χ4v) is 3.01. The van der Waals surface area contributed by atoms with E-state index in [0.29, 0.717) is 0 Å². The Morgan fingerprint density at radius 2 is 0.840 bits per heavy atom. The number of rotatable bonds is 6. The Morgan fingerprint density at radius 1 is 0.520 bits per heavy atom. The summed E-state index contributed by atoms with van der Waals surface area (Å²) in [5.74, 6) is 0. The van der Waals surface area contributed by atoms with Gasteiger partial charge in [-0.05, 0) is 48.5 Å². The minimum Gasteiger partial charge on any atom is -0.358 e. The van der Waals surface area contributed by atoms with Crippen LogP contribution in [0.5, 0.6) is 0 Å². The Bertz CT molecular complexity index is 599. The van der Waals surface area contributed by atoms with E-state index in [4.69, 9.17) is 0 Å². The van der Waals surface area contributed by atoms with E-state index in [0.717, 1.165) is 48.9 Å². The van der Waals surface area contributed by atoms with Gasteiger partial charge in [0.15, 0.2) is 0 Å². The predicted octanol–water partition coefficient (Wildman–Crippen LogP) is 1.21. The summed E-state index contributed by atoms with van der Waals surface area (Å²) in [6, 6.07) is 16.6. The van der Waals surface area contributed by atoms with Crippen LogP contribution in [0, 0.1) is 0 Å². The lowest BCUT2D eigenvalue weighted by Crippen LogP contribution is -2.38. The third kappa shape index (κ3) is 4.40. The van der Waals surface area contributed by atoms with Crippen molar-refractivity contribution in [2.75, 3.05) is 42.1 Å². The van der Waals surface area contributed by atoms with Crippen molar-refractivity contribution in [2.45, 2.75) is 12.6 Å². The third-order valence-corrected chi connectivity index (χ3v) is 4.32. The summed E-state index contributed by atoms with van der Waals surface area (Å²) in [6.45, 7) is 3.98. The molecule has 0 bridgehead atoms. The fourth-order valence-electron chi connectivity index (χ4n) is 3.01. The molecule has 2 aromatic carbocycles. The summed E-state index contributed by atoms with van der Waals surface area (Å²) in [5, 5.41) is 23.6. The quantitative estimate of drug-likeness (QED) is 0.426. The Morgan fingerprint density at radius 3 is 1.20 bits per heavy atom. The molecule has 2 aromatic rings. The second-order valence-corrected chi connectivity index (χ2v) is 6.25. The van der Waals surface area contributed by atoms with Crippen LogP contribution in [0.2, 0.25) is 0 Å². The van der Waals surface area contributed by atoms with E-state index in [2.05, 4.69) is 85.7 Å². The SMILES string of the molecule is c1cc(NC2NCCN2)ccc1Nc1ccc(NC2NCCN2)cc1. The van der Waals surface area contributed by atoms with Gasteiger partial charge in [0, 0.05) is 48.9 Å². The van der Waals surface area contributed by atoms with E-state index in [1.165, 1.54) is 0 Å². The van der Waals surface area contributed by atoms with Crippen LogP contribution in [0.1, 0.15) is 0 Å². The molecule has 0 saturated carbocycles. The molecular weight excluding hydrogens is 314 g/mol. The molecule has 2 aliphatic rings. The monoisotopic (exact) mass is 339 g/mol. The van der Waals surface area contributed by atoms with Gasteiger partial charge in [-0.2, -0.15) is 0 Å². The van der Waals surface area contributed by atoms with E-state index >= 15 is 0 Å². The molecule has 0 unspecified atom stereocenters. The van der Waals surface area contributed by atoms with Gasteiger partial charge in [-0.15, -0.1) is 0 Å². The van der Waals surface area contributed by atoms with Crippen LogP contribution in [0.4, 0.5) is 22.7 Å². The predicted molar refractivity (Wildman–Crippen MR) is 103 cm³/mol. The van der Waals surface area contributed by atoms with E-state index in [1.54, 1.807) is 0 Å².